The van der Waals surface area contributed by atoms with Gasteiger partial charge in [0.25, 0.3) is 0 Å². The van der Waals surface area contributed by atoms with Gasteiger partial charge in [0.15, 0.2) is 10.1 Å². The van der Waals surface area contributed by atoms with Crippen LogP contribution >= 0.6 is 0 Å². The number of rotatable bonds is 4. The molecule has 3 aromatic rings. The van der Waals surface area contributed by atoms with Crippen molar-refractivity contribution in [1.82, 2.24) is 4.48 Å². The summed E-state index contributed by atoms with van der Waals surface area (Å²) in [4.78, 5) is 3.09. The van der Waals surface area contributed by atoms with Crippen LogP contribution in [0.3, 0.4) is 0 Å². The van der Waals surface area contributed by atoms with Gasteiger partial charge in [0.2, 0.25) is 0 Å². The average Bonchev–Trinajstić information content (AvgIpc) is 2.74. The highest BCUT2D eigenvalue weighted by Gasteiger charge is 2.36. The molecule has 3 rings (SSSR count). The van der Waals surface area contributed by atoms with Crippen molar-refractivity contribution < 1.29 is 26.1 Å². The van der Waals surface area contributed by atoms with Crippen LogP contribution in [0, 0.1) is 6.92 Å². The summed E-state index contributed by atoms with van der Waals surface area (Å²) in [5, 5.41) is 4.05. The lowest BCUT2D eigenvalue weighted by Gasteiger charge is -2.23. The molecule has 7 nitrogen and oxygen atoms in total. The maximum atomic E-state index is 10.7. The van der Waals surface area contributed by atoms with E-state index in [4.69, 9.17) is 18.5 Å². The van der Waals surface area contributed by atoms with Crippen LogP contribution in [-0.2, 0) is 10.1 Å². The molecule has 0 atom stereocenters. The summed E-state index contributed by atoms with van der Waals surface area (Å²) in [5.74, 6) is 0. The lowest BCUT2D eigenvalue weighted by molar-refractivity contribution is -0.0517. The van der Waals surface area contributed by atoms with E-state index in [0.717, 1.165) is 32.3 Å². The highest BCUT2D eigenvalue weighted by molar-refractivity contribution is 7.86. The van der Waals surface area contributed by atoms with Gasteiger partial charge < -0.3 is 4.55 Å². The molecule has 0 unspecified atom stereocenters. The van der Waals surface area contributed by atoms with Gasteiger partial charge in [-0.3, -0.25) is 4.48 Å². The molecule has 0 aliphatic rings. The largest absolute Gasteiger partial charge is 0.741 e. The summed E-state index contributed by atoms with van der Waals surface area (Å²) < 4.78 is 59.7. The maximum absolute atomic E-state index is 10.7. The van der Waals surface area contributed by atoms with Crippen LogP contribution in [0.1, 0.15) is 5.56 Å². The van der Waals surface area contributed by atoms with Gasteiger partial charge in [-0.1, -0.05) is 47.6 Å². The Hall–Kier alpha value is -3.37. The predicted molar refractivity (Wildman–Crippen MR) is 126 cm³/mol. The van der Waals surface area contributed by atoms with Gasteiger partial charge >= 0.3 is 5.51 Å². The molecule has 0 saturated carbocycles. The van der Waals surface area contributed by atoms with Gasteiger partial charge in [0.1, 0.15) is 5.69 Å². The van der Waals surface area contributed by atoms with Crippen molar-refractivity contribution in [1.29, 1.82) is 0 Å². The van der Waals surface area contributed by atoms with Gasteiger partial charge in [-0.05, 0) is 64.5 Å². The van der Waals surface area contributed by atoms with E-state index in [1.54, 1.807) is 0 Å². The lowest BCUT2D eigenvalue weighted by atomic mass is 9.94. The molecule has 3 aromatic carbocycles. The Kier molecular flexibility index (Phi) is 8.12. The normalized spacial score (nSPS) is 11.8. The fourth-order valence-electron chi connectivity index (χ4n) is 3.08. The van der Waals surface area contributed by atoms with Crippen LogP contribution in [0.15, 0.2) is 71.8 Å². The number of hydrogen-bond acceptors (Lipinski definition) is 4. The van der Waals surface area contributed by atoms with Gasteiger partial charge in [-0.2, -0.15) is 13.2 Å². The molecule has 0 heterocycles. The first-order valence-corrected chi connectivity index (χ1v) is 11.3. The third-order valence-electron chi connectivity index (χ3n) is 4.72. The van der Waals surface area contributed by atoms with Crippen molar-refractivity contribution in [3.05, 3.63) is 82.7 Å². The van der Waals surface area contributed by atoms with Crippen molar-refractivity contribution in [3.8, 4) is 22.3 Å². The first-order valence-electron chi connectivity index (χ1n) is 9.85. The molecule has 0 bridgehead atoms. The summed E-state index contributed by atoms with van der Waals surface area (Å²) in [6.07, 6.45) is 0. The molecule has 0 fully saturated rings. The molecule has 0 radical (unpaired) electrons. The summed E-state index contributed by atoms with van der Waals surface area (Å²) >= 11 is 0. The van der Waals surface area contributed by atoms with Gasteiger partial charge in [0.05, 0.1) is 26.8 Å². The van der Waals surface area contributed by atoms with Crippen molar-refractivity contribution in [2.45, 2.75) is 12.4 Å². The highest BCUT2D eigenvalue weighted by atomic mass is 32.2. The number of benzene rings is 3. The minimum atomic E-state index is -6.09. The van der Waals surface area contributed by atoms with E-state index in [9.17, 15) is 13.2 Å². The first kappa shape index (κ1) is 26.9. The van der Waals surface area contributed by atoms with Crippen LogP contribution in [-0.4, -0.2) is 39.6 Å². The Morgan fingerprint density at radius 1 is 0.912 bits per heavy atom. The molecule has 0 N–H and O–H groups in total. The lowest BCUT2D eigenvalue weighted by Crippen LogP contribution is -2.34. The molecule has 0 aromatic heterocycles. The van der Waals surface area contributed by atoms with Crippen LogP contribution in [0.5, 0.6) is 0 Å². The molecule has 0 spiro atoms. The third kappa shape index (κ3) is 6.82. The van der Waals surface area contributed by atoms with Crippen molar-refractivity contribution in [2.75, 3.05) is 21.1 Å². The number of aryl methyl sites for hydroxylation is 1. The SMILES string of the molecule is Cc1cc(-c2ccccc2)c(N=[N+]=[N-])c(-c2ccc([N+](C)(C)C)cc2)c1.O=S(=O)([O-])C(F)(F)F. The van der Waals surface area contributed by atoms with Crippen LogP contribution in [0.25, 0.3) is 32.7 Å². The molecule has 11 heteroatoms. The van der Waals surface area contributed by atoms with Crippen LogP contribution < -0.4 is 4.48 Å². The van der Waals surface area contributed by atoms with Crippen molar-refractivity contribution >= 4 is 21.5 Å². The number of halogens is 3. The smallest absolute Gasteiger partial charge is 0.485 e. The molecular formula is C23H23F3N4O3S. The fraction of sp³-hybridized carbons (Fsp3) is 0.217. The van der Waals surface area contributed by atoms with E-state index < -0.39 is 15.6 Å². The van der Waals surface area contributed by atoms with Gasteiger partial charge in [0, 0.05) is 4.91 Å². The Bertz CT molecular complexity index is 1300. The van der Waals surface area contributed by atoms with Gasteiger partial charge in [-0.25, -0.2) is 8.42 Å². The van der Waals surface area contributed by atoms with Crippen LogP contribution in [0.4, 0.5) is 24.5 Å². The first-order chi connectivity index (χ1) is 15.6. The molecular weight excluding hydrogens is 469 g/mol. The van der Waals surface area contributed by atoms with E-state index in [-0.39, 0.29) is 0 Å². The Balaban J connectivity index is 0.000000440. The zero-order valence-corrected chi connectivity index (χ0v) is 19.7. The number of azide groups is 1. The summed E-state index contributed by atoms with van der Waals surface area (Å²) in [6.45, 7) is 2.07. The molecule has 0 amide bonds. The molecule has 180 valence electrons. The predicted octanol–water partition coefficient (Wildman–Crippen LogP) is 6.52. The van der Waals surface area contributed by atoms with E-state index in [0.29, 0.717) is 5.69 Å². The fourth-order valence-corrected chi connectivity index (χ4v) is 3.08. The molecule has 0 saturated heterocycles. The minimum Gasteiger partial charge on any atom is -0.741 e. The minimum absolute atomic E-state index is 0.669. The van der Waals surface area contributed by atoms with Crippen molar-refractivity contribution in [2.24, 2.45) is 5.11 Å². The Labute approximate surface area is 196 Å². The summed E-state index contributed by atoms with van der Waals surface area (Å²) in [7, 11) is 0.328. The van der Waals surface area contributed by atoms with E-state index in [2.05, 4.69) is 74.5 Å². The zero-order valence-electron chi connectivity index (χ0n) is 18.9. The topological polar surface area (TPSA) is 106 Å². The zero-order chi connectivity index (χ0) is 25.7. The second kappa shape index (κ2) is 10.3. The number of hydrogen-bond donors (Lipinski definition) is 0. The van der Waals surface area contributed by atoms with Gasteiger partial charge in [-0.15, -0.1) is 0 Å². The molecule has 0 aliphatic carbocycles. The number of quaternary nitrogens is 1. The van der Waals surface area contributed by atoms with E-state index >= 15 is 0 Å². The monoisotopic (exact) mass is 492 g/mol. The third-order valence-corrected chi connectivity index (χ3v) is 5.29. The standard InChI is InChI=1S/C22H23N4.CHF3O3S/c1-16-14-20(17-8-6-5-7-9-17)22(24-25-23)21(15-16)18-10-12-19(13-11-18)26(2,3)4;2-1(3,4)8(5,6)7/h5-15H,1-4H3;(H,5,6,7)/q+1;/p-1. The Morgan fingerprint density at radius 2 is 1.35 bits per heavy atom. The van der Waals surface area contributed by atoms with Crippen molar-refractivity contribution in [3.63, 3.8) is 0 Å². The Morgan fingerprint density at radius 3 is 1.74 bits per heavy atom. The van der Waals surface area contributed by atoms with Crippen LogP contribution in [0.2, 0.25) is 0 Å². The second-order valence-corrected chi connectivity index (χ2v) is 9.59. The maximum Gasteiger partial charge on any atom is 0.485 e. The highest BCUT2D eigenvalue weighted by Crippen LogP contribution is 2.41. The number of nitrogens with zero attached hydrogens (tertiary/aromatic N) is 4. The molecule has 34 heavy (non-hydrogen) atoms. The van der Waals surface area contributed by atoms with E-state index in [1.807, 2.05) is 30.3 Å². The average molecular weight is 493 g/mol. The molecule has 0 aliphatic heterocycles. The van der Waals surface area contributed by atoms with E-state index in [1.165, 1.54) is 5.69 Å². The summed E-state index contributed by atoms with van der Waals surface area (Å²) in [6, 6.07) is 22.6. The second-order valence-electron chi connectivity index (χ2n) is 8.22. The summed E-state index contributed by atoms with van der Waals surface area (Å²) in [5.41, 5.74) is 10.5. The number of alkyl halides is 3. The quantitative estimate of drug-likeness (QED) is 0.103.